The third-order valence-electron chi connectivity index (χ3n) is 4.11. The summed E-state index contributed by atoms with van der Waals surface area (Å²) in [5.41, 5.74) is 1.81. The number of para-hydroxylation sites is 1. The van der Waals surface area contributed by atoms with Crippen molar-refractivity contribution in [2.75, 3.05) is 17.2 Å². The van der Waals surface area contributed by atoms with Crippen LogP contribution >= 0.6 is 35.0 Å². The molecule has 0 aliphatic carbocycles. The molecule has 0 spiro atoms. The molecule has 2 aromatic carbocycles. The Morgan fingerprint density at radius 2 is 1.93 bits per heavy atom. The van der Waals surface area contributed by atoms with Crippen molar-refractivity contribution in [2.24, 2.45) is 0 Å². The van der Waals surface area contributed by atoms with Crippen LogP contribution in [0.25, 0.3) is 5.70 Å². The molecule has 0 unspecified atom stereocenters. The van der Waals surface area contributed by atoms with E-state index in [1.54, 1.807) is 30.0 Å². The number of hydrogen-bond donors (Lipinski definition) is 0. The van der Waals surface area contributed by atoms with Gasteiger partial charge in [0.2, 0.25) is 5.78 Å². The number of aromatic nitrogens is 3. The standard InChI is InChI=1S/C19H14Cl2N4OS/c20-13-6-7-15(16(21)10-13)18(26)17(25-12-22-11-23-25)19-24(8-9-27-19)14-4-2-1-3-5-14/h1-7,10-12H,8-9H2/b19-17-. The predicted octanol–water partition coefficient (Wildman–Crippen LogP) is 4.85. The van der Waals surface area contributed by atoms with E-state index in [4.69, 9.17) is 23.2 Å². The smallest absolute Gasteiger partial charge is 0.215 e. The van der Waals surface area contributed by atoms with Crippen molar-refractivity contribution in [2.45, 2.75) is 0 Å². The zero-order valence-electron chi connectivity index (χ0n) is 14.0. The summed E-state index contributed by atoms with van der Waals surface area (Å²) in [6.07, 6.45) is 2.93. The number of carbonyl (C=O) groups excluding carboxylic acids is 1. The van der Waals surface area contributed by atoms with E-state index >= 15 is 0 Å². The maximum Gasteiger partial charge on any atom is 0.215 e. The van der Waals surface area contributed by atoms with Crippen molar-refractivity contribution >= 4 is 52.1 Å². The van der Waals surface area contributed by atoms with E-state index in [-0.39, 0.29) is 5.78 Å². The van der Waals surface area contributed by atoms with Gasteiger partial charge in [0.15, 0.2) is 0 Å². The predicted molar refractivity (Wildman–Crippen MR) is 110 cm³/mol. The van der Waals surface area contributed by atoms with Gasteiger partial charge in [0.05, 0.1) is 5.02 Å². The first kappa shape index (κ1) is 18.1. The molecule has 0 N–H and O–H groups in total. The zero-order valence-corrected chi connectivity index (χ0v) is 16.4. The summed E-state index contributed by atoms with van der Waals surface area (Å²) in [6.45, 7) is 0.795. The van der Waals surface area contributed by atoms with Crippen molar-refractivity contribution in [1.82, 2.24) is 14.8 Å². The fourth-order valence-corrected chi connectivity index (χ4v) is 4.52. The Labute approximate surface area is 170 Å². The van der Waals surface area contributed by atoms with E-state index in [2.05, 4.69) is 15.0 Å². The van der Waals surface area contributed by atoms with Gasteiger partial charge in [-0.15, -0.1) is 11.8 Å². The molecule has 2 heterocycles. The van der Waals surface area contributed by atoms with E-state index in [0.717, 1.165) is 23.0 Å². The van der Waals surface area contributed by atoms with Crippen molar-refractivity contribution in [3.63, 3.8) is 0 Å². The molecular weight excluding hydrogens is 403 g/mol. The molecule has 4 rings (SSSR count). The molecule has 0 amide bonds. The first-order valence-electron chi connectivity index (χ1n) is 8.19. The van der Waals surface area contributed by atoms with E-state index < -0.39 is 0 Å². The molecule has 1 fully saturated rings. The fourth-order valence-electron chi connectivity index (χ4n) is 2.89. The number of allylic oxidation sites excluding steroid dienone is 1. The largest absolute Gasteiger partial charge is 0.334 e. The van der Waals surface area contributed by atoms with Crippen LogP contribution in [0.1, 0.15) is 10.4 Å². The van der Waals surface area contributed by atoms with Gasteiger partial charge in [0.25, 0.3) is 0 Å². The third kappa shape index (κ3) is 3.60. The molecule has 1 aromatic heterocycles. The number of halogens is 2. The van der Waals surface area contributed by atoms with Gasteiger partial charge in [0, 0.05) is 28.6 Å². The third-order valence-corrected chi connectivity index (χ3v) is 5.73. The molecule has 0 saturated carbocycles. The summed E-state index contributed by atoms with van der Waals surface area (Å²) in [7, 11) is 0. The van der Waals surface area contributed by atoms with Gasteiger partial charge < -0.3 is 4.90 Å². The summed E-state index contributed by atoms with van der Waals surface area (Å²) >= 11 is 13.9. The first-order valence-corrected chi connectivity index (χ1v) is 9.93. The summed E-state index contributed by atoms with van der Waals surface area (Å²) in [6, 6.07) is 14.8. The van der Waals surface area contributed by atoms with Crippen LogP contribution in [-0.4, -0.2) is 32.8 Å². The molecule has 1 aliphatic rings. The van der Waals surface area contributed by atoms with E-state index in [0.29, 0.717) is 21.3 Å². The quantitative estimate of drug-likeness (QED) is 0.449. The SMILES string of the molecule is O=C(/C(=C1/SCCN1c1ccccc1)n1cncn1)c1ccc(Cl)cc1Cl. The number of carbonyl (C=O) groups is 1. The lowest BCUT2D eigenvalue weighted by Gasteiger charge is -2.22. The second kappa shape index (κ2) is 7.76. The van der Waals surface area contributed by atoms with Gasteiger partial charge in [-0.2, -0.15) is 5.10 Å². The van der Waals surface area contributed by atoms with Crippen LogP contribution < -0.4 is 4.90 Å². The van der Waals surface area contributed by atoms with Gasteiger partial charge in [0.1, 0.15) is 23.4 Å². The monoisotopic (exact) mass is 416 g/mol. The number of ketones is 1. The lowest BCUT2D eigenvalue weighted by atomic mass is 10.1. The summed E-state index contributed by atoms with van der Waals surface area (Å²) < 4.78 is 1.50. The molecular formula is C19H14Cl2N4OS. The molecule has 27 heavy (non-hydrogen) atoms. The molecule has 5 nitrogen and oxygen atoms in total. The first-order chi connectivity index (χ1) is 13.1. The number of nitrogens with zero attached hydrogens (tertiary/aromatic N) is 4. The highest BCUT2D eigenvalue weighted by atomic mass is 35.5. The molecule has 136 valence electrons. The highest BCUT2D eigenvalue weighted by molar-refractivity contribution is 8.03. The Hall–Kier alpha value is -2.28. The number of anilines is 1. The van der Waals surface area contributed by atoms with E-state index in [9.17, 15) is 4.79 Å². The van der Waals surface area contributed by atoms with Crippen LogP contribution in [0.4, 0.5) is 5.69 Å². The minimum absolute atomic E-state index is 0.229. The van der Waals surface area contributed by atoms with Gasteiger partial charge in [-0.3, -0.25) is 4.79 Å². The average Bonchev–Trinajstić information content (AvgIpc) is 3.35. The van der Waals surface area contributed by atoms with Crippen LogP contribution in [-0.2, 0) is 0 Å². The Kier molecular flexibility index (Phi) is 5.20. The Morgan fingerprint density at radius 1 is 1.11 bits per heavy atom. The highest BCUT2D eigenvalue weighted by Crippen LogP contribution is 2.38. The van der Waals surface area contributed by atoms with Gasteiger partial charge in [-0.25, -0.2) is 9.67 Å². The number of Topliss-reactive ketones (excluding diaryl/α,β-unsaturated/α-hetero) is 1. The molecule has 3 aromatic rings. The van der Waals surface area contributed by atoms with Crippen LogP contribution in [0.2, 0.25) is 10.0 Å². The Morgan fingerprint density at radius 3 is 2.63 bits per heavy atom. The van der Waals surface area contributed by atoms with E-state index in [1.165, 1.54) is 17.3 Å². The number of hydrogen-bond acceptors (Lipinski definition) is 5. The minimum atomic E-state index is -0.229. The maximum atomic E-state index is 13.4. The Balaban J connectivity index is 1.87. The topological polar surface area (TPSA) is 51.0 Å². The van der Waals surface area contributed by atoms with Crippen LogP contribution in [0, 0.1) is 0 Å². The van der Waals surface area contributed by atoms with Crippen LogP contribution in [0.15, 0.2) is 66.2 Å². The lowest BCUT2D eigenvalue weighted by molar-refractivity contribution is 0.104. The summed E-state index contributed by atoms with van der Waals surface area (Å²) in [5, 5.41) is 5.81. The average molecular weight is 417 g/mol. The lowest BCUT2D eigenvalue weighted by Crippen LogP contribution is -2.22. The van der Waals surface area contributed by atoms with Crippen molar-refractivity contribution in [3.05, 3.63) is 81.8 Å². The van der Waals surface area contributed by atoms with E-state index in [1.807, 2.05) is 30.3 Å². The molecule has 0 atom stereocenters. The van der Waals surface area contributed by atoms with Crippen LogP contribution in [0.3, 0.4) is 0 Å². The molecule has 1 aliphatic heterocycles. The second-order valence-electron chi connectivity index (χ2n) is 5.78. The minimum Gasteiger partial charge on any atom is -0.334 e. The fraction of sp³-hybridized carbons (Fsp3) is 0.105. The number of thioether (sulfide) groups is 1. The molecule has 0 radical (unpaired) electrons. The number of benzene rings is 2. The normalized spacial score (nSPS) is 15.9. The molecule has 8 heteroatoms. The van der Waals surface area contributed by atoms with Crippen molar-refractivity contribution in [3.8, 4) is 0 Å². The van der Waals surface area contributed by atoms with Crippen LogP contribution in [0.5, 0.6) is 0 Å². The highest BCUT2D eigenvalue weighted by Gasteiger charge is 2.29. The molecule has 1 saturated heterocycles. The van der Waals surface area contributed by atoms with Gasteiger partial charge >= 0.3 is 0 Å². The summed E-state index contributed by atoms with van der Waals surface area (Å²) in [5.74, 6) is 0.636. The van der Waals surface area contributed by atoms with Crippen molar-refractivity contribution in [1.29, 1.82) is 0 Å². The summed E-state index contributed by atoms with van der Waals surface area (Å²) in [4.78, 5) is 19.5. The molecule has 0 bridgehead atoms. The second-order valence-corrected chi connectivity index (χ2v) is 7.71. The maximum absolute atomic E-state index is 13.4. The Bertz CT molecular complexity index is 1010. The zero-order chi connectivity index (χ0) is 18.8. The van der Waals surface area contributed by atoms with Crippen molar-refractivity contribution < 1.29 is 4.79 Å². The van der Waals surface area contributed by atoms with Gasteiger partial charge in [-0.05, 0) is 30.3 Å². The number of rotatable bonds is 4. The van der Waals surface area contributed by atoms with Gasteiger partial charge in [-0.1, -0.05) is 41.4 Å².